The Balaban J connectivity index is 1.71. The first-order valence-electron chi connectivity index (χ1n) is 9.17. The van der Waals surface area contributed by atoms with Crippen LogP contribution in [0.3, 0.4) is 0 Å². The summed E-state index contributed by atoms with van der Waals surface area (Å²) in [6, 6.07) is 18.2. The van der Waals surface area contributed by atoms with Crippen LogP contribution in [-0.4, -0.2) is 25.6 Å². The van der Waals surface area contributed by atoms with Crippen LogP contribution in [0.2, 0.25) is 0 Å². The molecule has 4 heteroatoms. The van der Waals surface area contributed by atoms with Gasteiger partial charge in [0.1, 0.15) is 18.9 Å². The van der Waals surface area contributed by atoms with Gasteiger partial charge < -0.3 is 15.0 Å². The minimum Gasteiger partial charge on any atom is -0.490 e. The number of hydrogen-bond acceptors (Lipinski definition) is 2. The summed E-state index contributed by atoms with van der Waals surface area (Å²) in [5.41, 5.74) is 2.22. The molecule has 136 valence electrons. The first-order valence-corrected chi connectivity index (χ1v) is 9.17. The van der Waals surface area contributed by atoms with E-state index in [1.165, 1.54) is 5.56 Å². The number of quaternary nitrogens is 1. The van der Waals surface area contributed by atoms with Gasteiger partial charge >= 0.3 is 0 Å². The van der Waals surface area contributed by atoms with Gasteiger partial charge in [-0.15, -0.1) is 0 Å². The van der Waals surface area contributed by atoms with Crippen LogP contribution in [0.25, 0.3) is 0 Å². The summed E-state index contributed by atoms with van der Waals surface area (Å²) in [5.74, 6) is 0.944. The molecule has 1 fully saturated rings. The lowest BCUT2D eigenvalue weighted by atomic mass is 10.0. The predicted octanol–water partition coefficient (Wildman–Crippen LogP) is 2.29. The van der Waals surface area contributed by atoms with Gasteiger partial charge in [-0.05, 0) is 37.1 Å². The number of benzene rings is 2. The third-order valence-electron chi connectivity index (χ3n) is 4.59. The van der Waals surface area contributed by atoms with E-state index in [0.717, 1.165) is 35.6 Å². The predicted molar refractivity (Wildman–Crippen MR) is 103 cm³/mol. The second-order valence-electron chi connectivity index (χ2n) is 6.89. The maximum Gasteiger partial charge on any atom is 0.283 e. The lowest BCUT2D eigenvalue weighted by molar-refractivity contribution is -0.916. The third kappa shape index (κ3) is 4.96. The fraction of sp³-hybridized carbons (Fsp3) is 0.318. The summed E-state index contributed by atoms with van der Waals surface area (Å²) >= 11 is 0. The largest absolute Gasteiger partial charge is 0.490 e. The molecule has 0 spiro atoms. The highest BCUT2D eigenvalue weighted by atomic mass is 16.5. The molecule has 0 aliphatic heterocycles. The van der Waals surface area contributed by atoms with E-state index in [4.69, 9.17) is 4.74 Å². The fourth-order valence-electron chi connectivity index (χ4n) is 3.10. The van der Waals surface area contributed by atoms with Crippen molar-refractivity contribution in [3.8, 4) is 5.75 Å². The Labute approximate surface area is 155 Å². The molecule has 1 amide bonds. The van der Waals surface area contributed by atoms with E-state index in [2.05, 4.69) is 31.1 Å². The van der Waals surface area contributed by atoms with Crippen LogP contribution in [-0.2, 0) is 11.3 Å². The van der Waals surface area contributed by atoms with Gasteiger partial charge in [-0.1, -0.05) is 43.0 Å². The highest BCUT2D eigenvalue weighted by Crippen LogP contribution is 2.20. The lowest BCUT2D eigenvalue weighted by Gasteiger charge is -2.25. The lowest BCUT2D eigenvalue weighted by Crippen LogP contribution is -3.09. The van der Waals surface area contributed by atoms with Gasteiger partial charge in [-0.2, -0.15) is 0 Å². The van der Waals surface area contributed by atoms with Crippen LogP contribution in [0.15, 0.2) is 67.3 Å². The minimum absolute atomic E-state index is 0.113. The van der Waals surface area contributed by atoms with Gasteiger partial charge in [-0.25, -0.2) is 0 Å². The van der Waals surface area contributed by atoms with E-state index < -0.39 is 0 Å². The van der Waals surface area contributed by atoms with Gasteiger partial charge in [0.15, 0.2) is 6.04 Å². The molecule has 0 radical (unpaired) electrons. The van der Waals surface area contributed by atoms with Crippen LogP contribution in [0, 0.1) is 0 Å². The number of likely N-dealkylation sites (N-methyl/N-ethyl adjacent to an activating group) is 1. The standard InChI is InChI=1S/C22H26N2O2/c1-3-15-26-20-13-9-17(10-14-20)16-24(2)21(18-7-5-4-6-8-18)22(25)23-19-11-12-19/h3-10,13-14,19,21H,1,11-12,15-16H2,2H3,(H,23,25)/p+1/t21-/m1/s1. The third-order valence-corrected chi connectivity index (χ3v) is 4.59. The normalized spacial score (nSPS) is 15.7. The number of carbonyl (C=O) groups is 1. The van der Waals surface area contributed by atoms with E-state index in [9.17, 15) is 4.79 Å². The van der Waals surface area contributed by atoms with E-state index in [1.54, 1.807) is 6.08 Å². The molecule has 4 nitrogen and oxygen atoms in total. The Morgan fingerprint density at radius 1 is 1.23 bits per heavy atom. The number of rotatable bonds is 9. The second kappa shape index (κ2) is 8.68. The van der Waals surface area contributed by atoms with E-state index in [-0.39, 0.29) is 11.9 Å². The van der Waals surface area contributed by atoms with Gasteiger partial charge in [0, 0.05) is 17.2 Å². The number of nitrogens with one attached hydrogen (secondary N) is 2. The smallest absolute Gasteiger partial charge is 0.283 e. The average Bonchev–Trinajstić information content (AvgIpc) is 3.46. The van der Waals surface area contributed by atoms with Crippen molar-refractivity contribution in [3.63, 3.8) is 0 Å². The number of carbonyl (C=O) groups excluding carboxylic acids is 1. The molecule has 2 aromatic carbocycles. The van der Waals surface area contributed by atoms with Gasteiger partial charge in [0.25, 0.3) is 5.91 Å². The number of hydrogen-bond donors (Lipinski definition) is 2. The van der Waals surface area contributed by atoms with Gasteiger partial charge in [0.2, 0.25) is 0 Å². The Bertz CT molecular complexity index is 724. The summed E-state index contributed by atoms with van der Waals surface area (Å²) in [7, 11) is 2.08. The highest BCUT2D eigenvalue weighted by molar-refractivity contribution is 5.82. The highest BCUT2D eigenvalue weighted by Gasteiger charge is 2.33. The second-order valence-corrected chi connectivity index (χ2v) is 6.89. The molecule has 0 heterocycles. The maximum atomic E-state index is 12.8. The molecule has 1 unspecified atom stereocenters. The van der Waals surface area contributed by atoms with Crippen molar-refractivity contribution in [2.75, 3.05) is 13.7 Å². The number of amides is 1. The summed E-state index contributed by atoms with van der Waals surface area (Å²) in [5, 5.41) is 3.16. The molecule has 1 aliphatic carbocycles. The Hall–Kier alpha value is -2.59. The van der Waals surface area contributed by atoms with Crippen LogP contribution in [0.4, 0.5) is 0 Å². The van der Waals surface area contributed by atoms with Crippen molar-refractivity contribution in [2.45, 2.75) is 31.5 Å². The molecule has 2 aromatic rings. The Kier molecular flexibility index (Phi) is 6.08. The molecule has 2 atom stereocenters. The SMILES string of the molecule is C=CCOc1ccc(C[NH+](C)[C@@H](C(=O)NC2CC2)c2ccccc2)cc1. The fourth-order valence-corrected chi connectivity index (χ4v) is 3.10. The monoisotopic (exact) mass is 351 g/mol. The quantitative estimate of drug-likeness (QED) is 0.681. The van der Waals surface area contributed by atoms with Crippen molar-refractivity contribution in [1.29, 1.82) is 0 Å². The molecule has 0 saturated heterocycles. The van der Waals surface area contributed by atoms with E-state index in [1.807, 2.05) is 42.5 Å². The zero-order valence-electron chi connectivity index (χ0n) is 15.3. The maximum absolute atomic E-state index is 12.8. The molecule has 2 N–H and O–H groups in total. The summed E-state index contributed by atoms with van der Waals surface area (Å²) in [6.07, 6.45) is 3.92. The van der Waals surface area contributed by atoms with E-state index in [0.29, 0.717) is 12.6 Å². The molecule has 0 aromatic heterocycles. The van der Waals surface area contributed by atoms with Crippen molar-refractivity contribution in [3.05, 3.63) is 78.4 Å². The van der Waals surface area contributed by atoms with Crippen LogP contribution in [0.1, 0.15) is 30.0 Å². The van der Waals surface area contributed by atoms with Crippen molar-refractivity contribution >= 4 is 5.91 Å². The molecule has 1 aliphatic rings. The number of ether oxygens (including phenoxy) is 1. The minimum atomic E-state index is -0.214. The summed E-state index contributed by atoms with van der Waals surface area (Å²) in [4.78, 5) is 14.0. The summed E-state index contributed by atoms with van der Waals surface area (Å²) in [6.45, 7) is 4.92. The average molecular weight is 351 g/mol. The van der Waals surface area contributed by atoms with Crippen LogP contribution < -0.4 is 15.0 Å². The molecular weight excluding hydrogens is 324 g/mol. The first-order chi connectivity index (χ1) is 12.7. The molecule has 1 saturated carbocycles. The molecule has 3 rings (SSSR count). The van der Waals surface area contributed by atoms with E-state index >= 15 is 0 Å². The molecule has 0 bridgehead atoms. The zero-order valence-corrected chi connectivity index (χ0v) is 15.3. The van der Waals surface area contributed by atoms with Crippen molar-refractivity contribution < 1.29 is 14.4 Å². The van der Waals surface area contributed by atoms with Gasteiger partial charge in [-0.3, -0.25) is 4.79 Å². The first kappa shape index (κ1) is 18.2. The Morgan fingerprint density at radius 3 is 2.54 bits per heavy atom. The Morgan fingerprint density at radius 2 is 1.92 bits per heavy atom. The molecule has 26 heavy (non-hydrogen) atoms. The van der Waals surface area contributed by atoms with Crippen LogP contribution >= 0.6 is 0 Å². The molecular formula is C22H27N2O2+. The van der Waals surface area contributed by atoms with Crippen LogP contribution in [0.5, 0.6) is 5.75 Å². The zero-order chi connectivity index (χ0) is 18.4. The topological polar surface area (TPSA) is 42.8 Å². The van der Waals surface area contributed by atoms with Gasteiger partial charge in [0.05, 0.1) is 7.05 Å². The van der Waals surface area contributed by atoms with Crippen molar-refractivity contribution in [1.82, 2.24) is 5.32 Å². The van der Waals surface area contributed by atoms with Crippen molar-refractivity contribution in [2.24, 2.45) is 0 Å². The summed E-state index contributed by atoms with van der Waals surface area (Å²) < 4.78 is 5.53.